The van der Waals surface area contributed by atoms with Gasteiger partial charge >= 0.3 is 0 Å². The highest BCUT2D eigenvalue weighted by Crippen LogP contribution is 2.15. The van der Waals surface area contributed by atoms with E-state index in [1.807, 2.05) is 13.8 Å². The largest absolute Gasteiger partial charge is 0.444 e. The van der Waals surface area contributed by atoms with Gasteiger partial charge in [0.15, 0.2) is 0 Å². The number of carbonyl (C=O) groups is 1. The summed E-state index contributed by atoms with van der Waals surface area (Å²) in [4.78, 5) is 15.8. The van der Waals surface area contributed by atoms with Gasteiger partial charge in [0.25, 0.3) is 0 Å². The first kappa shape index (κ1) is 11.1. The Bertz CT molecular complexity index is 371. The molecule has 1 aliphatic rings. The standard InChI is InChI=1S/C11H17N3O2/c1-7-3-13-10(16-7)6-14-11(15)8(2)9-4-12-5-9/h3,8-9,12H,4-6H2,1-2H3,(H,14,15). The maximum Gasteiger partial charge on any atom is 0.223 e. The molecule has 1 aromatic rings. The van der Waals surface area contributed by atoms with Gasteiger partial charge in [-0.2, -0.15) is 0 Å². The van der Waals surface area contributed by atoms with Crippen LogP contribution < -0.4 is 10.6 Å². The van der Waals surface area contributed by atoms with E-state index < -0.39 is 0 Å². The van der Waals surface area contributed by atoms with Crippen molar-refractivity contribution in [3.63, 3.8) is 0 Å². The third-order valence-electron chi connectivity index (χ3n) is 3.02. The minimum atomic E-state index is 0.0531. The normalized spacial score (nSPS) is 17.9. The zero-order chi connectivity index (χ0) is 11.5. The van der Waals surface area contributed by atoms with Crippen molar-refractivity contribution in [3.8, 4) is 0 Å². The maximum atomic E-state index is 11.7. The Morgan fingerprint density at radius 3 is 3.00 bits per heavy atom. The number of carbonyl (C=O) groups excluding carboxylic acids is 1. The van der Waals surface area contributed by atoms with Crippen molar-refractivity contribution >= 4 is 5.91 Å². The van der Waals surface area contributed by atoms with Gasteiger partial charge in [0.1, 0.15) is 5.76 Å². The second-order valence-electron chi connectivity index (χ2n) is 4.29. The van der Waals surface area contributed by atoms with E-state index in [1.54, 1.807) is 6.20 Å². The molecule has 88 valence electrons. The summed E-state index contributed by atoms with van der Waals surface area (Å²) in [5.74, 6) is 1.91. The quantitative estimate of drug-likeness (QED) is 0.778. The molecule has 16 heavy (non-hydrogen) atoms. The zero-order valence-electron chi connectivity index (χ0n) is 9.62. The molecule has 2 rings (SSSR count). The average molecular weight is 223 g/mol. The van der Waals surface area contributed by atoms with Crippen molar-refractivity contribution in [3.05, 3.63) is 17.8 Å². The van der Waals surface area contributed by atoms with E-state index in [2.05, 4.69) is 15.6 Å². The summed E-state index contributed by atoms with van der Waals surface area (Å²) in [6.45, 7) is 6.04. The van der Waals surface area contributed by atoms with Crippen LogP contribution in [0.15, 0.2) is 10.6 Å². The summed E-state index contributed by atoms with van der Waals surface area (Å²) in [6.07, 6.45) is 1.65. The highest BCUT2D eigenvalue weighted by atomic mass is 16.4. The van der Waals surface area contributed by atoms with E-state index in [4.69, 9.17) is 4.42 Å². The molecule has 1 aliphatic heterocycles. The molecule has 0 aliphatic carbocycles. The molecule has 0 radical (unpaired) electrons. The number of oxazole rings is 1. The molecular weight excluding hydrogens is 206 g/mol. The van der Waals surface area contributed by atoms with E-state index in [0.717, 1.165) is 18.8 Å². The molecule has 5 nitrogen and oxygen atoms in total. The Balaban J connectivity index is 1.78. The summed E-state index contributed by atoms with van der Waals surface area (Å²) in [5, 5.41) is 6.00. The zero-order valence-corrected chi connectivity index (χ0v) is 9.62. The van der Waals surface area contributed by atoms with E-state index >= 15 is 0 Å². The number of nitrogens with zero attached hydrogens (tertiary/aromatic N) is 1. The lowest BCUT2D eigenvalue weighted by atomic mass is 9.88. The second-order valence-corrected chi connectivity index (χ2v) is 4.29. The van der Waals surface area contributed by atoms with Gasteiger partial charge < -0.3 is 15.1 Å². The molecule has 2 heterocycles. The molecule has 1 atom stereocenters. The van der Waals surface area contributed by atoms with Crippen LogP contribution in [0, 0.1) is 18.8 Å². The molecule has 0 bridgehead atoms. The van der Waals surface area contributed by atoms with Crippen molar-refractivity contribution in [2.45, 2.75) is 20.4 Å². The molecule has 1 aromatic heterocycles. The molecule has 1 amide bonds. The highest BCUT2D eigenvalue weighted by molar-refractivity contribution is 5.78. The highest BCUT2D eigenvalue weighted by Gasteiger charge is 2.28. The van der Waals surface area contributed by atoms with Gasteiger partial charge in [-0.05, 0) is 25.9 Å². The Labute approximate surface area is 94.6 Å². The van der Waals surface area contributed by atoms with Crippen LogP contribution in [0.3, 0.4) is 0 Å². The topological polar surface area (TPSA) is 67.2 Å². The number of hydrogen-bond acceptors (Lipinski definition) is 4. The molecule has 0 aromatic carbocycles. The minimum absolute atomic E-state index is 0.0531. The third kappa shape index (κ3) is 2.41. The molecule has 1 fully saturated rings. The molecule has 0 spiro atoms. The maximum absolute atomic E-state index is 11.7. The summed E-state index contributed by atoms with van der Waals surface area (Å²) < 4.78 is 5.28. The molecule has 1 unspecified atom stereocenters. The third-order valence-corrected chi connectivity index (χ3v) is 3.02. The summed E-state index contributed by atoms with van der Waals surface area (Å²) in [5.41, 5.74) is 0. The first-order chi connectivity index (χ1) is 7.66. The molecule has 0 saturated carbocycles. The molecule has 1 saturated heterocycles. The van der Waals surface area contributed by atoms with Crippen LogP contribution in [-0.2, 0) is 11.3 Å². The number of nitrogens with one attached hydrogen (secondary N) is 2. The lowest BCUT2D eigenvalue weighted by molar-refractivity contribution is -0.127. The van der Waals surface area contributed by atoms with Gasteiger partial charge in [0.05, 0.1) is 12.7 Å². The van der Waals surface area contributed by atoms with E-state index in [9.17, 15) is 4.79 Å². The SMILES string of the molecule is Cc1cnc(CNC(=O)C(C)C2CNC2)o1. The Morgan fingerprint density at radius 1 is 1.75 bits per heavy atom. The van der Waals surface area contributed by atoms with Crippen molar-refractivity contribution in [2.75, 3.05) is 13.1 Å². The summed E-state index contributed by atoms with van der Waals surface area (Å²) in [7, 11) is 0. The first-order valence-electron chi connectivity index (χ1n) is 5.56. The summed E-state index contributed by atoms with van der Waals surface area (Å²) in [6, 6.07) is 0. The fourth-order valence-electron chi connectivity index (χ4n) is 1.69. The van der Waals surface area contributed by atoms with Crippen LogP contribution in [0.4, 0.5) is 0 Å². The smallest absolute Gasteiger partial charge is 0.223 e. The summed E-state index contributed by atoms with van der Waals surface area (Å²) >= 11 is 0. The molecule has 2 N–H and O–H groups in total. The van der Waals surface area contributed by atoms with Gasteiger partial charge in [-0.15, -0.1) is 0 Å². The average Bonchev–Trinajstić information content (AvgIpc) is 2.58. The first-order valence-corrected chi connectivity index (χ1v) is 5.56. The van der Waals surface area contributed by atoms with Crippen LogP contribution in [0.1, 0.15) is 18.6 Å². The van der Waals surface area contributed by atoms with Crippen molar-refractivity contribution in [1.29, 1.82) is 0 Å². The number of aryl methyl sites for hydroxylation is 1. The van der Waals surface area contributed by atoms with Gasteiger partial charge in [0, 0.05) is 5.92 Å². The number of hydrogen-bond donors (Lipinski definition) is 2. The van der Waals surface area contributed by atoms with E-state index in [1.165, 1.54) is 0 Å². The van der Waals surface area contributed by atoms with Crippen molar-refractivity contribution < 1.29 is 9.21 Å². The predicted octanol–water partition coefficient (Wildman–Crippen LogP) is 0.455. The fourth-order valence-corrected chi connectivity index (χ4v) is 1.69. The van der Waals surface area contributed by atoms with Crippen molar-refractivity contribution in [1.82, 2.24) is 15.6 Å². The Kier molecular flexibility index (Phi) is 3.24. The van der Waals surface area contributed by atoms with Crippen LogP contribution in [0.5, 0.6) is 0 Å². The minimum Gasteiger partial charge on any atom is -0.444 e. The lowest BCUT2D eigenvalue weighted by Crippen LogP contribution is -2.49. The van der Waals surface area contributed by atoms with Gasteiger partial charge in [-0.3, -0.25) is 4.79 Å². The predicted molar refractivity (Wildman–Crippen MR) is 58.6 cm³/mol. The second kappa shape index (κ2) is 4.65. The number of amides is 1. The van der Waals surface area contributed by atoms with Gasteiger partial charge in [-0.25, -0.2) is 4.98 Å². The van der Waals surface area contributed by atoms with Crippen molar-refractivity contribution in [2.24, 2.45) is 11.8 Å². The van der Waals surface area contributed by atoms with Crippen LogP contribution in [0.2, 0.25) is 0 Å². The molecule has 5 heteroatoms. The van der Waals surface area contributed by atoms with Crippen LogP contribution in [0.25, 0.3) is 0 Å². The van der Waals surface area contributed by atoms with Crippen LogP contribution in [-0.4, -0.2) is 24.0 Å². The van der Waals surface area contributed by atoms with E-state index in [-0.39, 0.29) is 11.8 Å². The van der Waals surface area contributed by atoms with E-state index in [0.29, 0.717) is 18.4 Å². The van der Waals surface area contributed by atoms with Gasteiger partial charge in [-0.1, -0.05) is 6.92 Å². The number of rotatable bonds is 4. The Hall–Kier alpha value is -1.36. The Morgan fingerprint density at radius 2 is 2.50 bits per heavy atom. The monoisotopic (exact) mass is 223 g/mol. The number of aromatic nitrogens is 1. The fraction of sp³-hybridized carbons (Fsp3) is 0.636. The molecular formula is C11H17N3O2. The van der Waals surface area contributed by atoms with Gasteiger partial charge in [0.2, 0.25) is 11.8 Å². The van der Waals surface area contributed by atoms with Crippen LogP contribution >= 0.6 is 0 Å². The lowest BCUT2D eigenvalue weighted by Gasteiger charge is -2.31.